The molecule has 0 aliphatic rings. The molecule has 212 valence electrons. The maximum Gasteiger partial charge on any atom is 0.412 e. The van der Waals surface area contributed by atoms with E-state index in [1.807, 2.05) is 30.3 Å². The number of aromatic carboxylic acids is 1. The van der Waals surface area contributed by atoms with E-state index in [1.165, 1.54) is 0 Å². The molecule has 0 bridgehead atoms. The number of aromatic nitrogens is 3. The van der Waals surface area contributed by atoms with Gasteiger partial charge in [-0.2, -0.15) is 0 Å². The number of ether oxygens (including phenoxy) is 2. The topological polar surface area (TPSA) is 137 Å². The van der Waals surface area contributed by atoms with Crippen molar-refractivity contribution in [2.75, 3.05) is 5.32 Å². The number of carboxylic acids is 1. The summed E-state index contributed by atoms with van der Waals surface area (Å²) < 4.78 is 45.9. The van der Waals surface area contributed by atoms with Crippen LogP contribution in [-0.2, 0) is 4.74 Å². The van der Waals surface area contributed by atoms with Crippen LogP contribution in [0.3, 0.4) is 0 Å². The molecule has 10 nitrogen and oxygen atoms in total. The smallest absolute Gasteiger partial charge is 0.412 e. The molecular weight excluding hydrogens is 550 g/mol. The van der Waals surface area contributed by atoms with E-state index in [-0.39, 0.29) is 11.3 Å². The molecule has 42 heavy (non-hydrogen) atoms. The minimum atomic E-state index is -1.46. The quantitative estimate of drug-likeness (QED) is 0.198. The summed E-state index contributed by atoms with van der Waals surface area (Å²) >= 11 is 0. The number of aryl methyl sites for hydroxylation is 1. The average Bonchev–Trinajstić information content (AvgIpc) is 3.34. The van der Waals surface area contributed by atoms with Gasteiger partial charge in [-0.3, -0.25) is 5.32 Å². The van der Waals surface area contributed by atoms with E-state index in [2.05, 4.69) is 20.4 Å². The number of carbonyl (C=O) groups excluding carboxylic acids is 1. The molecule has 12 heteroatoms. The number of halogens is 2. The second kappa shape index (κ2) is 11.8. The molecule has 5 rings (SSSR count). The Morgan fingerprint density at radius 3 is 2.24 bits per heavy atom. The van der Waals surface area contributed by atoms with Gasteiger partial charge in [-0.1, -0.05) is 59.8 Å². The number of nitrogens with zero attached hydrogens (tertiary/aromatic N) is 3. The lowest BCUT2D eigenvalue weighted by Crippen LogP contribution is -2.16. The van der Waals surface area contributed by atoms with Crippen molar-refractivity contribution in [1.82, 2.24) is 15.1 Å². The standard InChI is InChI=1S/C30H22F2N4O6/c1-16-24(35-30(39)40-17(2)18-6-4-3-5-7-18)26(42-36-16)20-10-8-19(9-11-20)21-14-22(31)27(23(32)15-21)41-28-25(29(37)38)33-12-13-34-28/h3-15,17H,1-2H3,(H,35,39)(H,37,38). The van der Waals surface area contributed by atoms with Crippen molar-refractivity contribution in [2.24, 2.45) is 0 Å². The predicted octanol–water partition coefficient (Wildman–Crippen LogP) is 7.19. The molecule has 0 radical (unpaired) electrons. The Bertz CT molecular complexity index is 1740. The van der Waals surface area contributed by atoms with Crippen molar-refractivity contribution < 1.29 is 37.5 Å². The maximum atomic E-state index is 14.9. The van der Waals surface area contributed by atoms with Gasteiger partial charge in [0, 0.05) is 18.0 Å². The summed E-state index contributed by atoms with van der Waals surface area (Å²) in [6.07, 6.45) is 1.07. The zero-order valence-electron chi connectivity index (χ0n) is 22.2. The van der Waals surface area contributed by atoms with Crippen molar-refractivity contribution in [2.45, 2.75) is 20.0 Å². The van der Waals surface area contributed by atoms with Crippen LogP contribution in [0.1, 0.15) is 34.8 Å². The highest BCUT2D eigenvalue weighted by molar-refractivity contribution is 5.91. The van der Waals surface area contributed by atoms with Crippen LogP contribution in [0.5, 0.6) is 11.6 Å². The Morgan fingerprint density at radius 1 is 0.929 bits per heavy atom. The summed E-state index contributed by atoms with van der Waals surface area (Å²) in [5, 5.41) is 15.8. The second-order valence-electron chi connectivity index (χ2n) is 9.02. The van der Waals surface area contributed by atoms with Gasteiger partial charge in [0.25, 0.3) is 5.88 Å². The molecule has 2 N–H and O–H groups in total. The number of carbonyl (C=O) groups is 2. The van der Waals surface area contributed by atoms with Crippen molar-refractivity contribution in [3.63, 3.8) is 0 Å². The second-order valence-corrected chi connectivity index (χ2v) is 9.02. The molecule has 0 aliphatic heterocycles. The van der Waals surface area contributed by atoms with Gasteiger partial charge in [-0.25, -0.2) is 28.3 Å². The Morgan fingerprint density at radius 2 is 1.57 bits per heavy atom. The Hall–Kier alpha value is -5.65. The van der Waals surface area contributed by atoms with Crippen LogP contribution in [0, 0.1) is 18.6 Å². The number of benzene rings is 3. The van der Waals surface area contributed by atoms with Gasteiger partial charge in [-0.15, -0.1) is 0 Å². The van der Waals surface area contributed by atoms with Crippen LogP contribution in [0.2, 0.25) is 0 Å². The van der Waals surface area contributed by atoms with Crippen LogP contribution >= 0.6 is 0 Å². The van der Waals surface area contributed by atoms with Crippen LogP contribution in [0.15, 0.2) is 83.6 Å². The predicted molar refractivity (Wildman–Crippen MR) is 146 cm³/mol. The number of hydrogen-bond donors (Lipinski definition) is 2. The summed E-state index contributed by atoms with van der Waals surface area (Å²) in [4.78, 5) is 31.2. The third kappa shape index (κ3) is 5.92. The minimum absolute atomic E-state index is 0.187. The molecule has 1 atom stereocenters. The van der Waals surface area contributed by atoms with E-state index in [0.29, 0.717) is 22.5 Å². The highest BCUT2D eigenvalue weighted by Gasteiger charge is 2.22. The highest BCUT2D eigenvalue weighted by atomic mass is 19.1. The van der Waals surface area contributed by atoms with E-state index < -0.39 is 47.1 Å². The van der Waals surface area contributed by atoms with E-state index in [1.54, 1.807) is 38.1 Å². The van der Waals surface area contributed by atoms with E-state index >= 15 is 0 Å². The monoisotopic (exact) mass is 572 g/mol. The number of hydrogen-bond acceptors (Lipinski definition) is 8. The molecular formula is C30H22F2N4O6. The van der Waals surface area contributed by atoms with Crippen LogP contribution in [0.4, 0.5) is 19.3 Å². The SMILES string of the molecule is Cc1noc(-c2ccc(-c3cc(F)c(Oc4nccnc4C(=O)O)c(F)c3)cc2)c1NC(=O)OC(C)c1ccccc1. The fourth-order valence-electron chi connectivity index (χ4n) is 4.08. The Labute approximate surface area is 237 Å². The first-order chi connectivity index (χ1) is 20.2. The lowest BCUT2D eigenvalue weighted by atomic mass is 10.0. The Balaban J connectivity index is 1.34. The summed E-state index contributed by atoms with van der Waals surface area (Å²) in [7, 11) is 0. The summed E-state index contributed by atoms with van der Waals surface area (Å²) in [5.74, 6) is -4.71. The molecule has 5 aromatic rings. The summed E-state index contributed by atoms with van der Waals surface area (Å²) in [6, 6.07) is 17.8. The van der Waals surface area contributed by atoms with Crippen molar-refractivity contribution in [3.8, 4) is 34.1 Å². The molecule has 0 spiro atoms. The van der Waals surface area contributed by atoms with E-state index in [9.17, 15) is 23.5 Å². The molecule has 1 amide bonds. The van der Waals surface area contributed by atoms with Gasteiger partial charge in [0.1, 0.15) is 17.5 Å². The van der Waals surface area contributed by atoms with Gasteiger partial charge in [0.15, 0.2) is 17.4 Å². The molecule has 0 fully saturated rings. The van der Waals surface area contributed by atoms with Crippen LogP contribution < -0.4 is 10.1 Å². The Kier molecular flexibility index (Phi) is 7.87. The van der Waals surface area contributed by atoms with Crippen molar-refractivity contribution in [1.29, 1.82) is 0 Å². The molecule has 3 aromatic carbocycles. The molecule has 2 aromatic heterocycles. The first-order valence-corrected chi connectivity index (χ1v) is 12.5. The number of nitrogens with one attached hydrogen (secondary N) is 1. The zero-order chi connectivity index (χ0) is 29.8. The largest absolute Gasteiger partial charge is 0.476 e. The third-order valence-corrected chi connectivity index (χ3v) is 6.19. The number of anilines is 1. The molecule has 0 saturated heterocycles. The van der Waals surface area contributed by atoms with Gasteiger partial charge in [0.05, 0.1) is 0 Å². The normalized spacial score (nSPS) is 11.5. The van der Waals surface area contributed by atoms with Gasteiger partial charge >= 0.3 is 12.1 Å². The third-order valence-electron chi connectivity index (χ3n) is 6.19. The lowest BCUT2D eigenvalue weighted by Gasteiger charge is -2.14. The molecule has 0 saturated carbocycles. The zero-order valence-corrected chi connectivity index (χ0v) is 22.2. The van der Waals surface area contributed by atoms with Crippen molar-refractivity contribution in [3.05, 3.63) is 108 Å². The van der Waals surface area contributed by atoms with Gasteiger partial charge in [-0.05, 0) is 42.7 Å². The van der Waals surface area contributed by atoms with Crippen LogP contribution in [-0.4, -0.2) is 32.3 Å². The number of amides is 1. The molecule has 2 heterocycles. The fourth-order valence-corrected chi connectivity index (χ4v) is 4.08. The van der Waals surface area contributed by atoms with Crippen LogP contribution in [0.25, 0.3) is 22.5 Å². The number of rotatable bonds is 8. The lowest BCUT2D eigenvalue weighted by molar-refractivity contribution is 0.0686. The van der Waals surface area contributed by atoms with Gasteiger partial charge in [0.2, 0.25) is 11.4 Å². The fraction of sp³-hybridized carbons (Fsp3) is 0.100. The van der Waals surface area contributed by atoms with Gasteiger partial charge < -0.3 is 19.1 Å². The summed E-state index contributed by atoms with van der Waals surface area (Å²) in [5.41, 5.74) is 2.16. The van der Waals surface area contributed by atoms with E-state index in [4.69, 9.17) is 14.0 Å². The first kappa shape index (κ1) is 27.9. The van der Waals surface area contributed by atoms with E-state index in [0.717, 1.165) is 30.1 Å². The summed E-state index contributed by atoms with van der Waals surface area (Å²) in [6.45, 7) is 3.41. The average molecular weight is 573 g/mol. The number of carboxylic acid groups (broad SMARTS) is 1. The molecule has 0 aliphatic carbocycles. The van der Waals surface area contributed by atoms with Crippen molar-refractivity contribution >= 4 is 17.7 Å². The molecule has 1 unspecified atom stereocenters. The maximum absolute atomic E-state index is 14.9. The minimum Gasteiger partial charge on any atom is -0.476 e. The first-order valence-electron chi connectivity index (χ1n) is 12.5. The highest BCUT2D eigenvalue weighted by Crippen LogP contribution is 2.35.